The average molecular weight is 324 g/mol. The van der Waals surface area contributed by atoms with Crippen molar-refractivity contribution in [2.24, 2.45) is 29.1 Å². The monoisotopic (exact) mass is 324 g/mol. The predicted molar refractivity (Wildman–Crippen MR) is 83.5 cm³/mol. The summed E-state index contributed by atoms with van der Waals surface area (Å²) in [6.07, 6.45) is 6.44. The Labute approximate surface area is 137 Å². The van der Waals surface area contributed by atoms with E-state index < -0.39 is 23.6 Å². The summed E-state index contributed by atoms with van der Waals surface area (Å²) in [5.41, 5.74) is -1.54. The van der Waals surface area contributed by atoms with Gasteiger partial charge in [-0.3, -0.25) is 9.59 Å². The molecule has 6 atom stereocenters. The molecule has 3 fully saturated rings. The number of fused-ring (bicyclic) bond motifs is 5. The lowest BCUT2D eigenvalue weighted by Crippen LogP contribution is -2.40. The van der Waals surface area contributed by atoms with Crippen molar-refractivity contribution in [1.82, 2.24) is 0 Å². The van der Waals surface area contributed by atoms with Gasteiger partial charge in [0.2, 0.25) is 6.29 Å². The summed E-state index contributed by atoms with van der Waals surface area (Å²) >= 11 is 0. The molecule has 3 rings (SSSR count). The molecule has 0 aromatic carbocycles. The first kappa shape index (κ1) is 16.7. The molecule has 0 heterocycles. The molecular weight excluding hydrogens is 296 g/mol. The fourth-order valence-electron chi connectivity index (χ4n) is 4.92. The van der Waals surface area contributed by atoms with E-state index in [0.717, 1.165) is 24.2 Å². The molecule has 3 saturated carbocycles. The molecule has 0 aliphatic heterocycles. The molecule has 0 spiro atoms. The zero-order chi connectivity index (χ0) is 16.8. The molecule has 130 valence electrons. The zero-order valence-corrected chi connectivity index (χ0v) is 14.3. The summed E-state index contributed by atoms with van der Waals surface area (Å²) in [6.45, 7) is 4.63. The number of aliphatic carboxylic acids is 1. The molecule has 5 nitrogen and oxygen atoms in total. The van der Waals surface area contributed by atoms with E-state index in [0.29, 0.717) is 12.3 Å². The smallest absolute Gasteiger partial charge is 0.325 e. The van der Waals surface area contributed by atoms with Crippen molar-refractivity contribution in [1.29, 1.82) is 0 Å². The minimum atomic E-state index is -1.54. The molecule has 0 aromatic heterocycles. The Hall–Kier alpha value is -1.10. The maximum atomic E-state index is 12.1. The summed E-state index contributed by atoms with van der Waals surface area (Å²) in [6, 6.07) is 0. The molecule has 0 aromatic rings. The molecule has 1 N–H and O–H groups in total. The zero-order valence-electron chi connectivity index (χ0n) is 14.3. The third kappa shape index (κ3) is 2.88. The van der Waals surface area contributed by atoms with Crippen molar-refractivity contribution >= 4 is 11.9 Å². The molecule has 0 amide bonds. The minimum Gasteiger partial charge on any atom is -0.480 e. The van der Waals surface area contributed by atoms with Crippen LogP contribution >= 0.6 is 0 Å². The van der Waals surface area contributed by atoms with Gasteiger partial charge in [-0.25, -0.2) is 0 Å². The average Bonchev–Trinajstić information content (AvgIpc) is 3.18. The summed E-state index contributed by atoms with van der Waals surface area (Å²) < 4.78 is 11.5. The van der Waals surface area contributed by atoms with Crippen LogP contribution < -0.4 is 0 Å². The summed E-state index contributed by atoms with van der Waals surface area (Å²) in [4.78, 5) is 23.3. The fourth-order valence-corrected chi connectivity index (χ4v) is 4.92. The van der Waals surface area contributed by atoms with Crippen LogP contribution in [0.15, 0.2) is 0 Å². The van der Waals surface area contributed by atoms with Gasteiger partial charge in [0.05, 0.1) is 6.10 Å². The lowest BCUT2D eigenvalue weighted by atomic mass is 9.80. The van der Waals surface area contributed by atoms with Gasteiger partial charge >= 0.3 is 11.9 Å². The maximum Gasteiger partial charge on any atom is 0.325 e. The second kappa shape index (κ2) is 6.08. The van der Waals surface area contributed by atoms with Gasteiger partial charge in [0.25, 0.3) is 0 Å². The molecule has 3 aliphatic carbocycles. The van der Waals surface area contributed by atoms with Gasteiger partial charge in [0, 0.05) is 6.42 Å². The fraction of sp³-hybridized carbons (Fsp3) is 0.889. The standard InChI is InChI=1S/C18H28O5/c1-4-15(23-17(21)18(2,3)16(19)20)22-14-9-10-8-13(14)12-7-5-6-11(10)12/h10-15H,4-9H2,1-3H3,(H,19,20). The molecular formula is C18H28O5. The Morgan fingerprint density at radius 2 is 1.87 bits per heavy atom. The van der Waals surface area contributed by atoms with Gasteiger partial charge in [0.15, 0.2) is 5.41 Å². The molecule has 3 aliphatic rings. The number of hydrogen-bond donors (Lipinski definition) is 1. The third-order valence-corrected chi connectivity index (χ3v) is 6.31. The summed E-state index contributed by atoms with van der Waals surface area (Å²) in [7, 11) is 0. The number of carboxylic acid groups (broad SMARTS) is 1. The van der Waals surface area contributed by atoms with Crippen LogP contribution in [0.3, 0.4) is 0 Å². The van der Waals surface area contributed by atoms with Crippen LogP contribution in [0, 0.1) is 29.1 Å². The van der Waals surface area contributed by atoms with E-state index in [1.807, 2.05) is 6.92 Å². The number of carboxylic acids is 1. The highest BCUT2D eigenvalue weighted by Crippen LogP contribution is 2.59. The van der Waals surface area contributed by atoms with Crippen LogP contribution in [0.1, 0.15) is 59.3 Å². The maximum absolute atomic E-state index is 12.1. The number of carbonyl (C=O) groups is 2. The predicted octanol–water partition coefficient (Wildman–Crippen LogP) is 3.22. The molecule has 0 saturated heterocycles. The highest BCUT2D eigenvalue weighted by atomic mass is 16.7. The van der Waals surface area contributed by atoms with Gasteiger partial charge in [-0.2, -0.15) is 0 Å². The topological polar surface area (TPSA) is 72.8 Å². The van der Waals surface area contributed by atoms with Crippen LogP contribution in [0.4, 0.5) is 0 Å². The van der Waals surface area contributed by atoms with Gasteiger partial charge < -0.3 is 14.6 Å². The first-order chi connectivity index (χ1) is 10.8. The highest BCUT2D eigenvalue weighted by molar-refractivity contribution is 5.98. The van der Waals surface area contributed by atoms with Gasteiger partial charge in [0.1, 0.15) is 0 Å². The van der Waals surface area contributed by atoms with Gasteiger partial charge in [-0.1, -0.05) is 13.3 Å². The molecule has 0 radical (unpaired) electrons. The second-order valence-corrected chi connectivity index (χ2v) is 8.00. The second-order valence-electron chi connectivity index (χ2n) is 8.00. The number of rotatable bonds is 6. The van der Waals surface area contributed by atoms with Crippen molar-refractivity contribution in [3.8, 4) is 0 Å². The van der Waals surface area contributed by atoms with Crippen molar-refractivity contribution in [2.75, 3.05) is 0 Å². The third-order valence-electron chi connectivity index (χ3n) is 6.31. The van der Waals surface area contributed by atoms with Crippen molar-refractivity contribution in [2.45, 2.75) is 71.7 Å². The van der Waals surface area contributed by atoms with E-state index >= 15 is 0 Å². The quantitative estimate of drug-likeness (QED) is 0.461. The van der Waals surface area contributed by atoms with E-state index in [1.54, 1.807) is 0 Å². The van der Waals surface area contributed by atoms with Gasteiger partial charge in [-0.15, -0.1) is 0 Å². The first-order valence-electron chi connectivity index (χ1n) is 8.94. The highest BCUT2D eigenvalue weighted by Gasteiger charge is 2.54. The van der Waals surface area contributed by atoms with Crippen LogP contribution in [-0.2, 0) is 19.1 Å². The van der Waals surface area contributed by atoms with Crippen LogP contribution in [-0.4, -0.2) is 29.4 Å². The number of esters is 1. The minimum absolute atomic E-state index is 0.171. The SMILES string of the molecule is CCC(OC(=O)C(C)(C)C(=O)O)OC1CC2CC1C1CCCC21. The van der Waals surface area contributed by atoms with E-state index in [1.165, 1.54) is 39.5 Å². The lowest BCUT2D eigenvalue weighted by molar-refractivity contribution is -0.207. The Morgan fingerprint density at radius 3 is 2.52 bits per heavy atom. The van der Waals surface area contributed by atoms with Crippen molar-refractivity contribution < 1.29 is 24.2 Å². The van der Waals surface area contributed by atoms with E-state index in [4.69, 9.17) is 14.6 Å². The van der Waals surface area contributed by atoms with E-state index in [-0.39, 0.29) is 6.10 Å². The molecule has 23 heavy (non-hydrogen) atoms. The van der Waals surface area contributed by atoms with Crippen LogP contribution in [0.25, 0.3) is 0 Å². The molecule has 5 heteroatoms. The Balaban J connectivity index is 1.58. The number of ether oxygens (including phenoxy) is 2. The lowest BCUT2D eigenvalue weighted by Gasteiger charge is -2.34. The van der Waals surface area contributed by atoms with Gasteiger partial charge in [-0.05, 0) is 63.2 Å². The molecule has 6 unspecified atom stereocenters. The molecule has 2 bridgehead atoms. The largest absolute Gasteiger partial charge is 0.480 e. The Bertz CT molecular complexity index is 486. The number of carbonyl (C=O) groups excluding carboxylic acids is 1. The Morgan fingerprint density at radius 1 is 1.17 bits per heavy atom. The van der Waals surface area contributed by atoms with E-state index in [2.05, 4.69) is 0 Å². The normalized spacial score (nSPS) is 36.7. The number of hydrogen-bond acceptors (Lipinski definition) is 4. The Kier molecular flexibility index (Phi) is 4.43. The van der Waals surface area contributed by atoms with Crippen LogP contribution in [0.2, 0.25) is 0 Å². The van der Waals surface area contributed by atoms with E-state index in [9.17, 15) is 9.59 Å². The van der Waals surface area contributed by atoms with Crippen molar-refractivity contribution in [3.05, 3.63) is 0 Å². The first-order valence-corrected chi connectivity index (χ1v) is 8.94. The summed E-state index contributed by atoms with van der Waals surface area (Å²) in [5, 5.41) is 9.13. The summed E-state index contributed by atoms with van der Waals surface area (Å²) in [5.74, 6) is 1.18. The van der Waals surface area contributed by atoms with Crippen molar-refractivity contribution in [3.63, 3.8) is 0 Å². The van der Waals surface area contributed by atoms with Crippen LogP contribution in [0.5, 0.6) is 0 Å².